The van der Waals surface area contributed by atoms with E-state index in [1.807, 2.05) is 24.3 Å². The van der Waals surface area contributed by atoms with Crippen LogP contribution in [0, 0.1) is 5.92 Å². The number of fused-ring (bicyclic) bond motifs is 1. The summed E-state index contributed by atoms with van der Waals surface area (Å²) >= 11 is 0. The van der Waals surface area contributed by atoms with Crippen LogP contribution in [-0.4, -0.2) is 39.6 Å². The number of nitrogens with zero attached hydrogens (tertiary/aromatic N) is 1. The molecule has 9 heteroatoms. The molecule has 176 valence electrons. The van der Waals surface area contributed by atoms with Crippen LogP contribution in [0.5, 0.6) is 0 Å². The number of sulfonamides is 1. The lowest BCUT2D eigenvalue weighted by Gasteiger charge is -2.31. The fourth-order valence-electron chi connectivity index (χ4n) is 4.42. The van der Waals surface area contributed by atoms with Gasteiger partial charge in [0.25, 0.3) is 15.9 Å². The number of carbonyl (C=O) groups is 2. The summed E-state index contributed by atoms with van der Waals surface area (Å²) in [6.07, 6.45) is 4.38. The molecule has 0 spiro atoms. The summed E-state index contributed by atoms with van der Waals surface area (Å²) in [6, 6.07) is 13.4. The molecule has 2 aromatic rings. The van der Waals surface area contributed by atoms with E-state index in [0.29, 0.717) is 31.1 Å². The maximum absolute atomic E-state index is 12.8. The number of hydrogen-bond acceptors (Lipinski definition) is 5. The minimum Gasteiger partial charge on any atom is -0.353 e. The van der Waals surface area contributed by atoms with E-state index in [2.05, 4.69) is 27.2 Å². The number of amides is 3. The largest absolute Gasteiger partial charge is 0.353 e. The summed E-state index contributed by atoms with van der Waals surface area (Å²) in [5.41, 5.74) is 2.32. The second kappa shape index (κ2) is 9.82. The Morgan fingerprint density at radius 1 is 1.09 bits per heavy atom. The van der Waals surface area contributed by atoms with Gasteiger partial charge in [-0.25, -0.2) is 17.9 Å². The first kappa shape index (κ1) is 23.1. The molecule has 0 radical (unpaired) electrons. The van der Waals surface area contributed by atoms with E-state index >= 15 is 0 Å². The summed E-state index contributed by atoms with van der Waals surface area (Å²) in [5, 5.41) is 5.64. The van der Waals surface area contributed by atoms with Gasteiger partial charge in [0, 0.05) is 12.6 Å². The van der Waals surface area contributed by atoms with Gasteiger partial charge in [-0.15, -0.1) is 0 Å². The zero-order chi connectivity index (χ0) is 23.4. The molecule has 1 aliphatic heterocycles. The normalized spacial score (nSPS) is 20.5. The Morgan fingerprint density at radius 3 is 2.64 bits per heavy atom. The monoisotopic (exact) mass is 470 g/mol. The third kappa shape index (κ3) is 5.65. The maximum atomic E-state index is 12.8. The van der Waals surface area contributed by atoms with Crippen LogP contribution in [0.4, 0.5) is 10.5 Å². The number of nitrogens with one attached hydrogen (secondary N) is 3. The molecule has 0 aromatic heterocycles. The molecule has 4 rings (SSSR count). The SMILES string of the molecule is CC1CCC(NC(=O)NS(=O)(=O)c2cccc(CCN3CNC(=O)c4ccccc43)c2)CC1. The minimum absolute atomic E-state index is 0.00986. The molecule has 2 aromatic carbocycles. The quantitative estimate of drug-likeness (QED) is 0.602. The van der Waals surface area contributed by atoms with Gasteiger partial charge in [0.2, 0.25) is 0 Å². The first-order valence-corrected chi connectivity index (χ1v) is 12.8. The summed E-state index contributed by atoms with van der Waals surface area (Å²) in [5.74, 6) is 0.550. The van der Waals surface area contributed by atoms with Crippen molar-refractivity contribution in [1.29, 1.82) is 0 Å². The Balaban J connectivity index is 1.37. The lowest BCUT2D eigenvalue weighted by molar-refractivity contribution is 0.0947. The Kier molecular flexibility index (Phi) is 6.88. The van der Waals surface area contributed by atoms with Gasteiger partial charge in [-0.3, -0.25) is 4.79 Å². The average molecular weight is 471 g/mol. The molecule has 0 saturated heterocycles. The molecule has 1 heterocycles. The standard InChI is InChI=1S/C24H30N4O4S/c1-17-9-11-19(12-10-17)26-24(30)27-33(31,32)20-6-4-5-18(15-20)13-14-28-16-25-23(29)21-7-2-3-8-22(21)28/h2-8,15,17,19H,9-14,16H2,1H3,(H,25,29)(H2,26,27,30). The molecule has 0 unspecified atom stereocenters. The molecule has 3 amide bonds. The number of hydrogen-bond donors (Lipinski definition) is 3. The van der Waals surface area contributed by atoms with E-state index in [0.717, 1.165) is 36.9 Å². The fourth-order valence-corrected chi connectivity index (χ4v) is 5.41. The van der Waals surface area contributed by atoms with Crippen molar-refractivity contribution in [3.63, 3.8) is 0 Å². The van der Waals surface area contributed by atoms with E-state index in [1.54, 1.807) is 18.2 Å². The molecule has 33 heavy (non-hydrogen) atoms. The van der Waals surface area contributed by atoms with Crippen molar-refractivity contribution >= 4 is 27.6 Å². The molecule has 2 aliphatic rings. The van der Waals surface area contributed by atoms with Gasteiger partial charge >= 0.3 is 6.03 Å². The van der Waals surface area contributed by atoms with Crippen molar-refractivity contribution in [2.45, 2.75) is 50.0 Å². The van der Waals surface area contributed by atoms with Gasteiger partial charge in [0.1, 0.15) is 0 Å². The molecular formula is C24H30N4O4S. The van der Waals surface area contributed by atoms with Crippen LogP contribution < -0.4 is 20.3 Å². The van der Waals surface area contributed by atoms with Crippen LogP contribution in [0.25, 0.3) is 0 Å². The summed E-state index contributed by atoms with van der Waals surface area (Å²) in [6.45, 7) is 3.19. The van der Waals surface area contributed by atoms with Crippen molar-refractivity contribution < 1.29 is 18.0 Å². The van der Waals surface area contributed by atoms with Crippen molar-refractivity contribution in [3.05, 3.63) is 59.7 Å². The number of rotatable bonds is 6. The molecule has 8 nitrogen and oxygen atoms in total. The second-order valence-electron chi connectivity index (χ2n) is 8.88. The lowest BCUT2D eigenvalue weighted by Crippen LogP contribution is -2.45. The molecule has 1 saturated carbocycles. The number of urea groups is 1. The van der Waals surface area contributed by atoms with Crippen LogP contribution in [0.2, 0.25) is 0 Å². The molecule has 0 bridgehead atoms. The van der Waals surface area contributed by atoms with Crippen LogP contribution >= 0.6 is 0 Å². The van der Waals surface area contributed by atoms with Crippen molar-refractivity contribution in [1.82, 2.24) is 15.4 Å². The number of carbonyl (C=O) groups excluding carboxylic acids is 2. The predicted molar refractivity (Wildman–Crippen MR) is 127 cm³/mol. The number of benzene rings is 2. The van der Waals surface area contributed by atoms with Gasteiger partial charge < -0.3 is 15.5 Å². The van der Waals surface area contributed by atoms with E-state index in [1.165, 1.54) is 6.07 Å². The first-order valence-electron chi connectivity index (χ1n) is 11.4. The van der Waals surface area contributed by atoms with E-state index < -0.39 is 16.1 Å². The van der Waals surface area contributed by atoms with Crippen molar-refractivity contribution in [2.24, 2.45) is 5.92 Å². The third-order valence-electron chi connectivity index (χ3n) is 6.38. The Hall–Kier alpha value is -3.07. The predicted octanol–water partition coefficient (Wildman–Crippen LogP) is 3.00. The zero-order valence-corrected chi connectivity index (χ0v) is 19.5. The molecule has 3 N–H and O–H groups in total. The highest BCUT2D eigenvalue weighted by atomic mass is 32.2. The van der Waals surface area contributed by atoms with Gasteiger partial charge in [0.15, 0.2) is 0 Å². The minimum atomic E-state index is -3.98. The van der Waals surface area contributed by atoms with Gasteiger partial charge in [-0.2, -0.15) is 0 Å². The number of para-hydroxylation sites is 1. The van der Waals surface area contributed by atoms with Gasteiger partial charge in [-0.05, 0) is 67.9 Å². The average Bonchev–Trinajstić information content (AvgIpc) is 2.80. The first-order chi connectivity index (χ1) is 15.8. The van der Waals surface area contributed by atoms with Crippen LogP contribution in [-0.2, 0) is 16.4 Å². The summed E-state index contributed by atoms with van der Waals surface area (Å²) in [7, 11) is -3.98. The van der Waals surface area contributed by atoms with E-state index in [-0.39, 0.29) is 16.8 Å². The molecule has 1 fully saturated rings. The second-order valence-corrected chi connectivity index (χ2v) is 10.6. The highest BCUT2D eigenvalue weighted by molar-refractivity contribution is 7.90. The van der Waals surface area contributed by atoms with E-state index in [4.69, 9.17) is 0 Å². The third-order valence-corrected chi connectivity index (χ3v) is 7.71. The Morgan fingerprint density at radius 2 is 1.85 bits per heavy atom. The van der Waals surface area contributed by atoms with Crippen LogP contribution in [0.1, 0.15) is 48.5 Å². The zero-order valence-electron chi connectivity index (χ0n) is 18.7. The highest BCUT2D eigenvalue weighted by Crippen LogP contribution is 2.24. The smallest absolute Gasteiger partial charge is 0.328 e. The van der Waals surface area contributed by atoms with Crippen molar-refractivity contribution in [2.75, 3.05) is 18.1 Å². The van der Waals surface area contributed by atoms with E-state index in [9.17, 15) is 18.0 Å². The Bertz CT molecular complexity index is 1130. The summed E-state index contributed by atoms with van der Waals surface area (Å²) < 4.78 is 27.7. The fraction of sp³-hybridized carbons (Fsp3) is 0.417. The Labute approximate surface area is 194 Å². The van der Waals surface area contributed by atoms with Gasteiger partial charge in [0.05, 0.1) is 22.8 Å². The van der Waals surface area contributed by atoms with Crippen molar-refractivity contribution in [3.8, 4) is 0 Å². The molecule has 0 atom stereocenters. The van der Waals surface area contributed by atoms with Crippen LogP contribution in [0.15, 0.2) is 53.4 Å². The van der Waals surface area contributed by atoms with Crippen LogP contribution in [0.3, 0.4) is 0 Å². The molecular weight excluding hydrogens is 440 g/mol. The summed E-state index contributed by atoms with van der Waals surface area (Å²) in [4.78, 5) is 26.4. The maximum Gasteiger partial charge on any atom is 0.328 e. The van der Waals surface area contributed by atoms with Gasteiger partial charge in [-0.1, -0.05) is 31.2 Å². The lowest BCUT2D eigenvalue weighted by atomic mass is 9.87. The molecule has 1 aliphatic carbocycles. The topological polar surface area (TPSA) is 108 Å². The highest BCUT2D eigenvalue weighted by Gasteiger charge is 2.24. The number of anilines is 1.